The second-order valence-electron chi connectivity index (χ2n) is 4.66. The molecule has 0 bridgehead atoms. The first-order valence-electron chi connectivity index (χ1n) is 6.43. The molecule has 0 spiro atoms. The van der Waals surface area contributed by atoms with Gasteiger partial charge in [0.25, 0.3) is 5.91 Å². The third-order valence-electron chi connectivity index (χ3n) is 3.22. The van der Waals surface area contributed by atoms with Crippen molar-refractivity contribution in [1.82, 2.24) is 5.43 Å². The van der Waals surface area contributed by atoms with Gasteiger partial charge in [-0.3, -0.25) is 14.4 Å². The molecular weight excluding hydrogens is 284 g/mol. The van der Waals surface area contributed by atoms with Crippen LogP contribution in [0.1, 0.15) is 10.4 Å². The van der Waals surface area contributed by atoms with Crippen LogP contribution in [0.4, 0.5) is 0 Å². The Morgan fingerprint density at radius 2 is 1.59 bits per heavy atom. The van der Waals surface area contributed by atoms with Crippen LogP contribution in [-0.2, 0) is 0 Å². The molecule has 22 heavy (non-hydrogen) atoms. The number of aromatic hydroxyl groups is 1. The summed E-state index contributed by atoms with van der Waals surface area (Å²) in [5.41, 5.74) is 1.29. The highest BCUT2D eigenvalue weighted by Crippen LogP contribution is 2.10. The normalized spacial score (nSPS) is 10.5. The molecule has 0 heterocycles. The van der Waals surface area contributed by atoms with Gasteiger partial charge in [0.1, 0.15) is 5.75 Å². The number of nitrogens with one attached hydrogen (secondary N) is 1. The minimum Gasteiger partial charge on any atom is -0.508 e. The number of carbonyl (C=O) groups excluding carboxylic acids is 1. The van der Waals surface area contributed by atoms with Gasteiger partial charge in [-0.05, 0) is 18.2 Å². The first kappa shape index (κ1) is 13.7. The number of benzene rings is 2. The highest BCUT2D eigenvalue weighted by molar-refractivity contribution is 5.94. The van der Waals surface area contributed by atoms with E-state index in [4.69, 9.17) is 0 Å². The van der Waals surface area contributed by atoms with Gasteiger partial charge < -0.3 is 5.11 Å². The van der Waals surface area contributed by atoms with Gasteiger partial charge in [-0.25, -0.2) is 5.43 Å². The lowest BCUT2D eigenvalue weighted by molar-refractivity contribution is 0.0952. The van der Waals surface area contributed by atoms with E-state index in [2.05, 4.69) is 10.5 Å². The number of fused-ring (bicyclic) bond motifs is 1. The second kappa shape index (κ2) is 5.25. The molecule has 0 saturated heterocycles. The van der Waals surface area contributed by atoms with Crippen molar-refractivity contribution in [2.75, 3.05) is 0 Å². The summed E-state index contributed by atoms with van der Waals surface area (Å²) in [6, 6.07) is 12.0. The predicted octanol–water partition coefficient (Wildman–Crippen LogP) is 0.387. The summed E-state index contributed by atoms with van der Waals surface area (Å²) in [4.78, 5) is 36.0. The fourth-order valence-corrected chi connectivity index (χ4v) is 2.16. The summed E-state index contributed by atoms with van der Waals surface area (Å²) >= 11 is 0. The fraction of sp³-hybridized carbons (Fsp3) is 0. The largest absolute Gasteiger partial charge is 0.508 e. The Bertz CT molecular complexity index is 980. The van der Waals surface area contributed by atoms with Gasteiger partial charge in [0, 0.05) is 16.3 Å². The van der Waals surface area contributed by atoms with Crippen LogP contribution in [0.2, 0.25) is 0 Å². The van der Waals surface area contributed by atoms with Crippen molar-refractivity contribution in [3.8, 4) is 5.75 Å². The van der Waals surface area contributed by atoms with E-state index in [1.54, 1.807) is 12.1 Å². The Morgan fingerprint density at radius 1 is 0.955 bits per heavy atom. The van der Waals surface area contributed by atoms with Crippen molar-refractivity contribution in [3.05, 3.63) is 79.9 Å². The first-order chi connectivity index (χ1) is 10.6. The number of hydrogen-bond acceptors (Lipinski definition) is 5. The van der Waals surface area contributed by atoms with Crippen LogP contribution >= 0.6 is 0 Å². The molecule has 2 N–H and O–H groups in total. The minimum atomic E-state index is -0.625. The summed E-state index contributed by atoms with van der Waals surface area (Å²) in [7, 11) is 0. The summed E-state index contributed by atoms with van der Waals surface area (Å²) in [6.07, 6.45) is 0. The van der Waals surface area contributed by atoms with Crippen molar-refractivity contribution >= 4 is 16.7 Å². The smallest absolute Gasteiger partial charge is 0.271 e. The number of phenols is 1. The highest BCUT2D eigenvalue weighted by atomic mass is 16.3. The average Bonchev–Trinajstić information content (AvgIpc) is 2.77. The van der Waals surface area contributed by atoms with Gasteiger partial charge in [0.15, 0.2) is 5.36 Å². The first-order valence-corrected chi connectivity index (χ1v) is 6.43. The Labute approximate surface area is 123 Å². The van der Waals surface area contributed by atoms with Gasteiger partial charge in [0.05, 0.1) is 0 Å². The number of nitrogens with zero attached hydrogens (tertiary/aromatic N) is 1. The van der Waals surface area contributed by atoms with Crippen molar-refractivity contribution in [1.29, 1.82) is 0 Å². The number of amides is 1. The van der Waals surface area contributed by atoms with E-state index >= 15 is 0 Å². The molecule has 6 nitrogen and oxygen atoms in total. The molecule has 3 aromatic carbocycles. The Balaban J connectivity index is 2.02. The van der Waals surface area contributed by atoms with Gasteiger partial charge in [-0.15, -0.1) is 0 Å². The van der Waals surface area contributed by atoms with Crippen LogP contribution in [0, 0.1) is 0 Å². The molecule has 108 valence electrons. The summed E-state index contributed by atoms with van der Waals surface area (Å²) in [6.45, 7) is 0. The topological polar surface area (TPSA) is 95.8 Å². The van der Waals surface area contributed by atoms with E-state index < -0.39 is 16.8 Å². The molecule has 0 atom stereocenters. The van der Waals surface area contributed by atoms with Crippen LogP contribution < -0.4 is 21.6 Å². The molecule has 0 unspecified atom stereocenters. The van der Waals surface area contributed by atoms with Gasteiger partial charge >= 0.3 is 0 Å². The SMILES string of the molecule is O=C(NN=c1c(=O)c2ccccc2c1=O)c1cccc(O)c1. The molecule has 0 saturated carbocycles. The van der Waals surface area contributed by atoms with Crippen LogP contribution in [-0.4, -0.2) is 11.0 Å². The van der Waals surface area contributed by atoms with Crippen LogP contribution in [0.5, 0.6) is 5.75 Å². The molecule has 0 radical (unpaired) electrons. The van der Waals surface area contributed by atoms with Gasteiger partial charge in [-0.1, -0.05) is 30.3 Å². The van der Waals surface area contributed by atoms with Crippen molar-refractivity contribution < 1.29 is 9.90 Å². The molecule has 0 aliphatic heterocycles. The Morgan fingerprint density at radius 3 is 2.18 bits per heavy atom. The lowest BCUT2D eigenvalue weighted by atomic mass is 10.2. The zero-order valence-electron chi connectivity index (χ0n) is 11.2. The molecule has 0 fully saturated rings. The van der Waals surface area contributed by atoms with Crippen molar-refractivity contribution in [2.45, 2.75) is 0 Å². The average molecular weight is 294 g/mol. The Hall–Kier alpha value is -3.28. The quantitative estimate of drug-likeness (QED) is 0.668. The molecule has 3 rings (SSSR count). The summed E-state index contributed by atoms with van der Waals surface area (Å²) in [5, 5.41) is 13.2. The minimum absolute atomic E-state index is 0.0688. The van der Waals surface area contributed by atoms with Gasteiger partial charge in [0.2, 0.25) is 10.9 Å². The molecule has 0 aromatic heterocycles. The van der Waals surface area contributed by atoms with Crippen LogP contribution in [0.3, 0.4) is 0 Å². The number of carbonyl (C=O) groups is 1. The van der Waals surface area contributed by atoms with E-state index in [9.17, 15) is 19.5 Å². The molecule has 3 aromatic rings. The maximum absolute atomic E-state index is 12.1. The Kier molecular flexibility index (Phi) is 3.27. The maximum Gasteiger partial charge on any atom is 0.271 e. The van der Waals surface area contributed by atoms with Crippen LogP contribution in [0.15, 0.2) is 63.2 Å². The standard InChI is InChI=1S/C16H10N2O4/c19-10-5-3-4-9(8-10)16(22)18-17-13-14(20)11-6-1-2-7-12(11)15(13)21/h1-8,19H,(H,18,22). The number of hydrogen-bond donors (Lipinski definition) is 2. The molecule has 1 amide bonds. The zero-order valence-corrected chi connectivity index (χ0v) is 11.2. The lowest BCUT2D eigenvalue weighted by Gasteiger charge is -1.99. The third kappa shape index (κ3) is 2.26. The van der Waals surface area contributed by atoms with E-state index in [1.165, 1.54) is 36.4 Å². The number of rotatable bonds is 2. The van der Waals surface area contributed by atoms with E-state index in [0.29, 0.717) is 0 Å². The molecule has 6 heteroatoms. The number of phenolic OH excluding ortho intramolecular Hbond substituents is 1. The van der Waals surface area contributed by atoms with E-state index in [0.717, 1.165) is 0 Å². The highest BCUT2D eigenvalue weighted by Gasteiger charge is 2.11. The maximum atomic E-state index is 12.1. The lowest BCUT2D eigenvalue weighted by Crippen LogP contribution is -2.35. The fourth-order valence-electron chi connectivity index (χ4n) is 2.16. The second-order valence-corrected chi connectivity index (χ2v) is 4.66. The summed E-state index contributed by atoms with van der Waals surface area (Å²) < 4.78 is 0. The third-order valence-corrected chi connectivity index (χ3v) is 3.22. The van der Waals surface area contributed by atoms with Gasteiger partial charge in [-0.2, -0.15) is 5.10 Å². The summed E-state index contributed by atoms with van der Waals surface area (Å²) in [5.74, 6) is -0.694. The predicted molar refractivity (Wildman–Crippen MR) is 80.0 cm³/mol. The zero-order chi connectivity index (χ0) is 15.7. The van der Waals surface area contributed by atoms with E-state index in [1.807, 2.05) is 0 Å². The van der Waals surface area contributed by atoms with E-state index in [-0.39, 0.29) is 27.4 Å². The molecule has 0 aliphatic rings. The van der Waals surface area contributed by atoms with Crippen LogP contribution in [0.25, 0.3) is 10.8 Å². The molecule has 0 aliphatic carbocycles. The van der Waals surface area contributed by atoms with Crippen molar-refractivity contribution in [3.63, 3.8) is 0 Å². The molecular formula is C16H10N2O4. The monoisotopic (exact) mass is 294 g/mol. The van der Waals surface area contributed by atoms with Crippen molar-refractivity contribution in [2.24, 2.45) is 5.10 Å².